The maximum absolute atomic E-state index is 10.5. The van der Waals surface area contributed by atoms with E-state index < -0.39 is 0 Å². The Balaban J connectivity index is 2.48. The molecule has 0 amide bonds. The molecular formula is C9H11N3OS. The molecule has 0 atom stereocenters. The molecule has 1 aromatic rings. The van der Waals surface area contributed by atoms with Crippen LogP contribution in [0.1, 0.15) is 21.9 Å². The minimum Gasteiger partial charge on any atom is -0.383 e. The average molecular weight is 209 g/mol. The first kappa shape index (κ1) is 9.45. The average Bonchev–Trinajstić information content (AvgIpc) is 2.42. The number of aryl methyl sites for hydroxylation is 1. The van der Waals surface area contributed by atoms with Gasteiger partial charge >= 0.3 is 0 Å². The van der Waals surface area contributed by atoms with Crippen molar-refractivity contribution < 1.29 is 4.79 Å². The number of nitrogen functional groups attached to an aromatic ring is 1. The third kappa shape index (κ3) is 1.72. The molecule has 0 unspecified atom stereocenters. The maximum Gasteiger partial charge on any atom is 0.194 e. The highest BCUT2D eigenvalue weighted by Gasteiger charge is 2.14. The Morgan fingerprint density at radius 3 is 2.86 bits per heavy atom. The molecular weight excluding hydrogens is 198 g/mol. The van der Waals surface area contributed by atoms with Gasteiger partial charge in [-0.2, -0.15) is 11.8 Å². The lowest BCUT2D eigenvalue weighted by atomic mass is 10.1. The molecule has 4 nitrogen and oxygen atoms in total. The predicted octanol–water partition coefficient (Wildman–Crippen LogP) is 0.703. The molecule has 0 aliphatic carbocycles. The molecule has 2 N–H and O–H groups in total. The Labute approximate surface area is 86.3 Å². The summed E-state index contributed by atoms with van der Waals surface area (Å²) >= 11 is 1.88. The third-order valence-corrected chi connectivity index (χ3v) is 3.21. The van der Waals surface area contributed by atoms with Gasteiger partial charge in [0.2, 0.25) is 0 Å². The predicted molar refractivity (Wildman–Crippen MR) is 56.6 cm³/mol. The molecule has 0 bridgehead atoms. The minimum absolute atomic E-state index is 0.202. The van der Waals surface area contributed by atoms with Crippen molar-refractivity contribution in [2.75, 3.05) is 17.2 Å². The van der Waals surface area contributed by atoms with Crippen molar-refractivity contribution in [3.05, 3.63) is 17.1 Å². The molecule has 5 heteroatoms. The first-order chi connectivity index (χ1) is 6.81. The molecule has 2 rings (SSSR count). The molecule has 1 aliphatic heterocycles. The smallest absolute Gasteiger partial charge is 0.194 e. The molecule has 1 aliphatic rings. The highest BCUT2D eigenvalue weighted by molar-refractivity contribution is 7.99. The van der Waals surface area contributed by atoms with Crippen molar-refractivity contribution in [2.45, 2.75) is 12.8 Å². The highest BCUT2D eigenvalue weighted by atomic mass is 32.2. The molecule has 1 aromatic heterocycles. The number of aldehydes is 1. The number of fused-ring (bicyclic) bond motifs is 1. The van der Waals surface area contributed by atoms with Gasteiger partial charge < -0.3 is 5.73 Å². The van der Waals surface area contributed by atoms with Crippen LogP contribution in [-0.2, 0) is 12.8 Å². The van der Waals surface area contributed by atoms with Crippen LogP contribution < -0.4 is 5.73 Å². The summed E-state index contributed by atoms with van der Waals surface area (Å²) in [5.74, 6) is 2.77. The van der Waals surface area contributed by atoms with E-state index in [1.807, 2.05) is 11.8 Å². The summed E-state index contributed by atoms with van der Waals surface area (Å²) in [7, 11) is 0. The molecule has 0 fully saturated rings. The number of anilines is 1. The van der Waals surface area contributed by atoms with Crippen molar-refractivity contribution in [1.29, 1.82) is 0 Å². The van der Waals surface area contributed by atoms with Crippen LogP contribution in [0.5, 0.6) is 0 Å². The van der Waals surface area contributed by atoms with Crippen LogP contribution in [0.15, 0.2) is 0 Å². The van der Waals surface area contributed by atoms with Crippen LogP contribution in [0, 0.1) is 0 Å². The minimum atomic E-state index is 0.202. The fourth-order valence-corrected chi connectivity index (χ4v) is 2.44. The Morgan fingerprint density at radius 1 is 1.29 bits per heavy atom. The van der Waals surface area contributed by atoms with Crippen LogP contribution in [-0.4, -0.2) is 27.8 Å². The number of hydrogen-bond donors (Lipinski definition) is 1. The van der Waals surface area contributed by atoms with Gasteiger partial charge in [-0.1, -0.05) is 0 Å². The zero-order chi connectivity index (χ0) is 9.97. The lowest BCUT2D eigenvalue weighted by Crippen LogP contribution is -2.08. The third-order valence-electron chi connectivity index (χ3n) is 2.23. The summed E-state index contributed by atoms with van der Waals surface area (Å²) in [5, 5.41) is 0. The van der Waals surface area contributed by atoms with Crippen LogP contribution in [0.4, 0.5) is 5.82 Å². The van der Waals surface area contributed by atoms with E-state index in [4.69, 9.17) is 5.73 Å². The second kappa shape index (κ2) is 3.96. The number of thioether (sulfide) groups is 1. The fraction of sp³-hybridized carbons (Fsp3) is 0.444. The second-order valence-corrected chi connectivity index (χ2v) is 4.35. The lowest BCUT2D eigenvalue weighted by Gasteiger charge is -2.06. The SMILES string of the molecule is Nc1nc(C=O)nc2c1CCSCC2. The Bertz CT molecular complexity index is 367. The van der Waals surface area contributed by atoms with E-state index in [2.05, 4.69) is 9.97 Å². The number of aromatic nitrogens is 2. The van der Waals surface area contributed by atoms with Crippen LogP contribution in [0.2, 0.25) is 0 Å². The molecule has 0 spiro atoms. The first-order valence-electron chi connectivity index (χ1n) is 4.49. The van der Waals surface area contributed by atoms with Crippen molar-refractivity contribution >= 4 is 23.9 Å². The molecule has 0 saturated heterocycles. The number of nitrogens with zero attached hydrogens (tertiary/aromatic N) is 2. The topological polar surface area (TPSA) is 68.9 Å². The van der Waals surface area contributed by atoms with Gasteiger partial charge in [0.25, 0.3) is 0 Å². The zero-order valence-corrected chi connectivity index (χ0v) is 8.51. The molecule has 0 saturated carbocycles. The van der Waals surface area contributed by atoms with E-state index in [0.29, 0.717) is 12.1 Å². The standard InChI is InChI=1S/C9H11N3OS/c10-9-6-1-3-14-4-2-7(6)11-8(5-13)12-9/h5H,1-4H2,(H2,10,11,12). The fourth-order valence-electron chi connectivity index (χ4n) is 1.55. The van der Waals surface area contributed by atoms with Crippen LogP contribution in [0.25, 0.3) is 0 Å². The monoisotopic (exact) mass is 209 g/mol. The largest absolute Gasteiger partial charge is 0.383 e. The van der Waals surface area contributed by atoms with Gasteiger partial charge in [0.05, 0.1) is 5.69 Å². The van der Waals surface area contributed by atoms with E-state index in [-0.39, 0.29) is 5.82 Å². The quantitative estimate of drug-likeness (QED) is 0.690. The normalized spacial score (nSPS) is 15.7. The number of carbonyl (C=O) groups is 1. The summed E-state index contributed by atoms with van der Waals surface area (Å²) in [6, 6.07) is 0. The van der Waals surface area contributed by atoms with Gasteiger partial charge in [-0.05, 0) is 24.3 Å². The number of rotatable bonds is 1. The van der Waals surface area contributed by atoms with E-state index in [1.54, 1.807) is 0 Å². The maximum atomic E-state index is 10.5. The molecule has 14 heavy (non-hydrogen) atoms. The number of hydrogen-bond acceptors (Lipinski definition) is 5. The molecule has 0 radical (unpaired) electrons. The van der Waals surface area contributed by atoms with Gasteiger partial charge in [-0.15, -0.1) is 0 Å². The van der Waals surface area contributed by atoms with E-state index in [0.717, 1.165) is 35.6 Å². The summed E-state index contributed by atoms with van der Waals surface area (Å²) in [6.07, 6.45) is 2.44. The zero-order valence-electron chi connectivity index (χ0n) is 7.69. The van der Waals surface area contributed by atoms with Gasteiger partial charge in [0.15, 0.2) is 12.1 Å². The summed E-state index contributed by atoms with van der Waals surface area (Å²) < 4.78 is 0. The van der Waals surface area contributed by atoms with Gasteiger partial charge in [0.1, 0.15) is 5.82 Å². The summed E-state index contributed by atoms with van der Waals surface area (Å²) in [5.41, 5.74) is 7.74. The Kier molecular flexibility index (Phi) is 2.67. The molecule has 74 valence electrons. The summed E-state index contributed by atoms with van der Waals surface area (Å²) in [6.45, 7) is 0. The summed E-state index contributed by atoms with van der Waals surface area (Å²) in [4.78, 5) is 18.7. The van der Waals surface area contributed by atoms with Gasteiger partial charge in [-0.3, -0.25) is 4.79 Å². The van der Waals surface area contributed by atoms with Gasteiger partial charge in [-0.25, -0.2) is 9.97 Å². The first-order valence-corrected chi connectivity index (χ1v) is 5.65. The van der Waals surface area contributed by atoms with Crippen molar-refractivity contribution in [1.82, 2.24) is 9.97 Å². The van der Waals surface area contributed by atoms with E-state index >= 15 is 0 Å². The number of carbonyl (C=O) groups excluding carboxylic acids is 1. The Morgan fingerprint density at radius 2 is 2.07 bits per heavy atom. The van der Waals surface area contributed by atoms with Crippen LogP contribution >= 0.6 is 11.8 Å². The number of nitrogens with two attached hydrogens (primary N) is 1. The van der Waals surface area contributed by atoms with Gasteiger partial charge in [0, 0.05) is 5.56 Å². The second-order valence-electron chi connectivity index (χ2n) is 3.12. The van der Waals surface area contributed by atoms with Crippen molar-refractivity contribution in [3.63, 3.8) is 0 Å². The Hall–Kier alpha value is -1.10. The molecule has 0 aromatic carbocycles. The van der Waals surface area contributed by atoms with E-state index in [9.17, 15) is 4.79 Å². The van der Waals surface area contributed by atoms with Crippen molar-refractivity contribution in [2.24, 2.45) is 0 Å². The van der Waals surface area contributed by atoms with E-state index in [1.165, 1.54) is 0 Å². The van der Waals surface area contributed by atoms with Crippen LogP contribution in [0.3, 0.4) is 0 Å². The van der Waals surface area contributed by atoms with Crippen molar-refractivity contribution in [3.8, 4) is 0 Å². The molecule has 2 heterocycles. The highest BCUT2D eigenvalue weighted by Crippen LogP contribution is 2.21. The lowest BCUT2D eigenvalue weighted by molar-refractivity contribution is 0.111.